The van der Waals surface area contributed by atoms with Crippen molar-refractivity contribution < 1.29 is 9.90 Å². The zero-order valence-electron chi connectivity index (χ0n) is 18.9. The molecule has 2 saturated heterocycles. The lowest BCUT2D eigenvalue weighted by molar-refractivity contribution is -0.137. The number of rotatable bonds is 6. The van der Waals surface area contributed by atoms with Gasteiger partial charge in [0.15, 0.2) is 0 Å². The van der Waals surface area contributed by atoms with E-state index in [9.17, 15) is 9.90 Å². The number of halogens is 2. The number of carbonyl (C=O) groups is 1. The molecule has 33 heavy (non-hydrogen) atoms. The van der Waals surface area contributed by atoms with E-state index < -0.39 is 0 Å². The highest BCUT2D eigenvalue weighted by Crippen LogP contribution is 2.30. The van der Waals surface area contributed by atoms with Crippen LogP contribution < -0.4 is 15.5 Å². The molecule has 0 spiro atoms. The van der Waals surface area contributed by atoms with Crippen LogP contribution in [-0.4, -0.2) is 60.8 Å². The Hall–Kier alpha value is -1.99. The summed E-state index contributed by atoms with van der Waals surface area (Å²) in [5.41, 5.74) is 3.03. The molecule has 2 aliphatic rings. The number of nitrogens with zero attached hydrogens (tertiary/aromatic N) is 2. The van der Waals surface area contributed by atoms with Crippen molar-refractivity contribution in [3.8, 4) is 0 Å². The second-order valence-corrected chi connectivity index (χ2v) is 9.74. The molecule has 2 aromatic carbocycles. The summed E-state index contributed by atoms with van der Waals surface area (Å²) in [6.07, 6.45) is 3.07. The lowest BCUT2D eigenvalue weighted by Crippen LogP contribution is -2.60. The first-order valence-electron chi connectivity index (χ1n) is 11.7. The Labute approximate surface area is 205 Å². The van der Waals surface area contributed by atoms with Crippen LogP contribution in [0.1, 0.15) is 37.8 Å². The minimum absolute atomic E-state index is 0.00710. The monoisotopic (exact) mass is 490 g/mol. The third-order valence-electron chi connectivity index (χ3n) is 6.61. The van der Waals surface area contributed by atoms with Crippen molar-refractivity contribution in [1.29, 1.82) is 0 Å². The van der Waals surface area contributed by atoms with Crippen LogP contribution in [0.4, 0.5) is 11.4 Å². The molecule has 0 aromatic heterocycles. The first-order valence-corrected chi connectivity index (χ1v) is 12.4. The molecule has 6 nitrogen and oxygen atoms in total. The van der Waals surface area contributed by atoms with Crippen LogP contribution in [-0.2, 0) is 4.79 Å². The number of hydrogen-bond acceptors (Lipinski definition) is 5. The van der Waals surface area contributed by atoms with Crippen molar-refractivity contribution in [3.63, 3.8) is 0 Å². The molecule has 1 amide bonds. The molecule has 3 atom stereocenters. The highest BCUT2D eigenvalue weighted by atomic mass is 35.5. The van der Waals surface area contributed by atoms with Gasteiger partial charge in [0.25, 0.3) is 0 Å². The maximum absolute atomic E-state index is 13.0. The quantitative estimate of drug-likeness (QED) is 0.562. The Morgan fingerprint density at radius 2 is 2.06 bits per heavy atom. The summed E-state index contributed by atoms with van der Waals surface area (Å²) >= 11 is 12.4. The van der Waals surface area contributed by atoms with E-state index in [0.717, 1.165) is 49.3 Å². The standard InChI is InChI=1S/C25H32Cl2N4O2/c1-17(22-9-8-18(26)13-23(22)27)29-19-5-4-6-20(14-19)30-11-12-31(21(15-30)16-32)25(33)24-7-2-3-10-28-24/h4-6,8-9,13-14,17,21,24,28-29,32H,2-3,7,10-12,15-16H2,1H3. The van der Waals surface area contributed by atoms with Crippen molar-refractivity contribution >= 4 is 40.5 Å². The van der Waals surface area contributed by atoms with E-state index in [1.54, 1.807) is 6.07 Å². The van der Waals surface area contributed by atoms with E-state index in [0.29, 0.717) is 23.1 Å². The van der Waals surface area contributed by atoms with E-state index in [4.69, 9.17) is 23.2 Å². The van der Waals surface area contributed by atoms with E-state index in [1.807, 2.05) is 29.2 Å². The van der Waals surface area contributed by atoms with Gasteiger partial charge in [-0.25, -0.2) is 0 Å². The van der Waals surface area contributed by atoms with Crippen molar-refractivity contribution in [2.75, 3.05) is 43.0 Å². The van der Waals surface area contributed by atoms with Gasteiger partial charge in [-0.15, -0.1) is 0 Å². The Morgan fingerprint density at radius 1 is 1.21 bits per heavy atom. The van der Waals surface area contributed by atoms with E-state index in [2.05, 4.69) is 34.6 Å². The van der Waals surface area contributed by atoms with Gasteiger partial charge in [-0.05, 0) is 62.2 Å². The summed E-state index contributed by atoms with van der Waals surface area (Å²) in [6, 6.07) is 13.4. The summed E-state index contributed by atoms with van der Waals surface area (Å²) in [5.74, 6) is 0.123. The molecule has 0 saturated carbocycles. The van der Waals surface area contributed by atoms with E-state index >= 15 is 0 Å². The van der Waals surface area contributed by atoms with Crippen LogP contribution >= 0.6 is 23.2 Å². The number of nitrogens with one attached hydrogen (secondary N) is 2. The smallest absolute Gasteiger partial charge is 0.240 e. The van der Waals surface area contributed by atoms with Gasteiger partial charge in [-0.3, -0.25) is 4.79 Å². The fraction of sp³-hybridized carbons (Fsp3) is 0.480. The number of carbonyl (C=O) groups excluding carboxylic acids is 1. The maximum Gasteiger partial charge on any atom is 0.240 e. The van der Waals surface area contributed by atoms with Crippen molar-refractivity contribution in [2.24, 2.45) is 0 Å². The van der Waals surface area contributed by atoms with Crippen LogP contribution in [0.5, 0.6) is 0 Å². The van der Waals surface area contributed by atoms with E-state index in [1.165, 1.54) is 0 Å². The first-order chi connectivity index (χ1) is 16.0. The van der Waals surface area contributed by atoms with Crippen LogP contribution in [0, 0.1) is 0 Å². The van der Waals surface area contributed by atoms with Gasteiger partial charge in [0.1, 0.15) is 0 Å². The summed E-state index contributed by atoms with van der Waals surface area (Å²) < 4.78 is 0. The van der Waals surface area contributed by atoms with Crippen LogP contribution in [0.25, 0.3) is 0 Å². The Kier molecular flexibility index (Phi) is 8.02. The molecule has 0 bridgehead atoms. The summed E-state index contributed by atoms with van der Waals surface area (Å²) in [4.78, 5) is 17.1. The Morgan fingerprint density at radius 3 is 2.79 bits per heavy atom. The number of amides is 1. The fourth-order valence-corrected chi connectivity index (χ4v) is 5.34. The number of piperazine rings is 1. The van der Waals surface area contributed by atoms with Crippen molar-refractivity contribution in [3.05, 3.63) is 58.1 Å². The van der Waals surface area contributed by atoms with Crippen LogP contribution in [0.15, 0.2) is 42.5 Å². The number of aliphatic hydroxyl groups is 1. The van der Waals surface area contributed by atoms with Crippen molar-refractivity contribution in [1.82, 2.24) is 10.2 Å². The SMILES string of the molecule is CC(Nc1cccc(N2CCN(C(=O)C3CCCCN3)C(CO)C2)c1)c1ccc(Cl)cc1Cl. The third kappa shape index (κ3) is 5.75. The molecule has 3 N–H and O–H groups in total. The average Bonchev–Trinajstić information content (AvgIpc) is 2.83. The normalized spacial score (nSPS) is 22.2. The molecular weight excluding hydrogens is 459 g/mol. The number of hydrogen-bond donors (Lipinski definition) is 3. The average molecular weight is 491 g/mol. The lowest BCUT2D eigenvalue weighted by Gasteiger charge is -2.43. The lowest BCUT2D eigenvalue weighted by atomic mass is 10.0. The van der Waals surface area contributed by atoms with Crippen LogP contribution in [0.3, 0.4) is 0 Å². The van der Waals surface area contributed by atoms with Crippen LogP contribution in [0.2, 0.25) is 10.0 Å². The maximum atomic E-state index is 13.0. The molecule has 3 unspecified atom stereocenters. The Bertz CT molecular complexity index is 967. The van der Waals surface area contributed by atoms with Gasteiger partial charge in [0.2, 0.25) is 5.91 Å². The second-order valence-electron chi connectivity index (χ2n) is 8.90. The summed E-state index contributed by atoms with van der Waals surface area (Å²) in [5, 5.41) is 18.2. The predicted octanol–water partition coefficient (Wildman–Crippen LogP) is 4.32. The minimum atomic E-state index is -0.210. The molecule has 8 heteroatoms. The molecule has 0 aliphatic carbocycles. The molecule has 0 radical (unpaired) electrons. The minimum Gasteiger partial charge on any atom is -0.394 e. The second kappa shape index (κ2) is 11.0. The zero-order chi connectivity index (χ0) is 23.4. The number of aliphatic hydroxyl groups excluding tert-OH is 1. The van der Waals surface area contributed by atoms with Gasteiger partial charge >= 0.3 is 0 Å². The molecule has 2 aromatic rings. The number of anilines is 2. The van der Waals surface area contributed by atoms with Crippen molar-refractivity contribution in [2.45, 2.75) is 44.3 Å². The third-order valence-corrected chi connectivity index (χ3v) is 7.17. The largest absolute Gasteiger partial charge is 0.394 e. The van der Waals surface area contributed by atoms with Gasteiger partial charge in [-0.1, -0.05) is 41.8 Å². The first kappa shape index (κ1) is 24.1. The predicted molar refractivity (Wildman–Crippen MR) is 135 cm³/mol. The molecular formula is C25H32Cl2N4O2. The molecule has 4 rings (SSSR count). The topological polar surface area (TPSA) is 67.8 Å². The Balaban J connectivity index is 1.42. The molecule has 178 valence electrons. The molecule has 2 heterocycles. The highest BCUT2D eigenvalue weighted by molar-refractivity contribution is 6.35. The number of piperidine rings is 1. The summed E-state index contributed by atoms with van der Waals surface area (Å²) in [6.45, 7) is 4.86. The van der Waals surface area contributed by atoms with Gasteiger partial charge < -0.3 is 25.5 Å². The highest BCUT2D eigenvalue weighted by Gasteiger charge is 2.34. The van der Waals surface area contributed by atoms with Gasteiger partial charge in [0.05, 0.1) is 18.7 Å². The molecule has 2 aliphatic heterocycles. The zero-order valence-corrected chi connectivity index (χ0v) is 20.4. The fourth-order valence-electron chi connectivity index (χ4n) is 4.77. The van der Waals surface area contributed by atoms with Gasteiger partial charge in [0, 0.05) is 47.1 Å². The van der Waals surface area contributed by atoms with Gasteiger partial charge in [-0.2, -0.15) is 0 Å². The number of benzene rings is 2. The molecule has 2 fully saturated rings. The summed E-state index contributed by atoms with van der Waals surface area (Å²) in [7, 11) is 0. The van der Waals surface area contributed by atoms with E-state index in [-0.39, 0.29) is 30.6 Å².